The molecule has 1 aromatic rings. The highest BCUT2D eigenvalue weighted by Crippen LogP contribution is 2.17. The molecule has 132 valence electrons. The second kappa shape index (κ2) is 10.1. The summed E-state index contributed by atoms with van der Waals surface area (Å²) in [6, 6.07) is 2.54. The van der Waals surface area contributed by atoms with Crippen molar-refractivity contribution in [1.29, 1.82) is 0 Å². The van der Waals surface area contributed by atoms with Crippen molar-refractivity contribution >= 4 is 29.9 Å². The summed E-state index contributed by atoms with van der Waals surface area (Å²) in [5.74, 6) is 1.73. The minimum Gasteiger partial charge on any atom is -0.355 e. The second-order valence-corrected chi connectivity index (χ2v) is 6.32. The van der Waals surface area contributed by atoms with E-state index < -0.39 is 0 Å². The number of aliphatic imine (C=N–C) groups is 1. The van der Waals surface area contributed by atoms with Crippen molar-refractivity contribution in [3.63, 3.8) is 0 Å². The van der Waals surface area contributed by atoms with E-state index in [0.29, 0.717) is 6.04 Å². The molecule has 2 N–H and O–H groups in total. The Kier molecular flexibility index (Phi) is 8.90. The molecular formula is C16H31IN6. The largest absolute Gasteiger partial charge is 0.355 e. The van der Waals surface area contributed by atoms with Crippen LogP contribution >= 0.6 is 24.0 Å². The van der Waals surface area contributed by atoms with Gasteiger partial charge in [-0.15, -0.1) is 24.0 Å². The summed E-state index contributed by atoms with van der Waals surface area (Å²) in [6.07, 6.45) is 4.45. The van der Waals surface area contributed by atoms with Crippen LogP contribution in [0.5, 0.6) is 0 Å². The van der Waals surface area contributed by atoms with Crippen molar-refractivity contribution in [2.24, 2.45) is 18.0 Å². The highest BCUT2D eigenvalue weighted by molar-refractivity contribution is 14.0. The van der Waals surface area contributed by atoms with Crippen molar-refractivity contribution in [1.82, 2.24) is 25.3 Å². The number of nitrogens with zero attached hydrogens (tertiary/aromatic N) is 4. The molecule has 0 radical (unpaired) electrons. The molecule has 1 unspecified atom stereocenters. The van der Waals surface area contributed by atoms with Crippen LogP contribution in [0, 0.1) is 5.92 Å². The minimum atomic E-state index is 0. The van der Waals surface area contributed by atoms with E-state index in [0.717, 1.165) is 30.7 Å². The topological polar surface area (TPSA) is 57.5 Å². The maximum atomic E-state index is 4.29. The molecule has 7 heteroatoms. The lowest BCUT2D eigenvalue weighted by Gasteiger charge is -2.35. The molecule has 1 fully saturated rings. The molecule has 1 aromatic heterocycles. The lowest BCUT2D eigenvalue weighted by atomic mass is 9.98. The first kappa shape index (κ1) is 20.2. The minimum absolute atomic E-state index is 0. The highest BCUT2D eigenvalue weighted by atomic mass is 127. The maximum absolute atomic E-state index is 4.29. The van der Waals surface area contributed by atoms with Crippen molar-refractivity contribution in [3.8, 4) is 0 Å². The highest BCUT2D eigenvalue weighted by Gasteiger charge is 2.20. The lowest BCUT2D eigenvalue weighted by Crippen LogP contribution is -2.48. The Morgan fingerprint density at radius 3 is 2.65 bits per heavy atom. The van der Waals surface area contributed by atoms with E-state index in [4.69, 9.17) is 0 Å². The zero-order valence-corrected chi connectivity index (χ0v) is 17.1. The quantitative estimate of drug-likeness (QED) is 0.422. The Labute approximate surface area is 157 Å². The molecule has 1 saturated heterocycles. The number of hydrogen-bond acceptors (Lipinski definition) is 3. The van der Waals surface area contributed by atoms with E-state index in [1.807, 2.05) is 31.0 Å². The normalized spacial score (nSPS) is 18.3. The molecule has 6 nitrogen and oxygen atoms in total. The first-order valence-corrected chi connectivity index (χ1v) is 8.25. The third-order valence-corrected chi connectivity index (χ3v) is 4.59. The molecule has 0 amide bonds. The van der Waals surface area contributed by atoms with Crippen molar-refractivity contribution in [3.05, 3.63) is 18.0 Å². The fraction of sp³-hybridized carbons (Fsp3) is 0.750. The molecule has 1 aliphatic heterocycles. The number of piperidine rings is 1. The van der Waals surface area contributed by atoms with Crippen LogP contribution in [-0.2, 0) is 13.6 Å². The summed E-state index contributed by atoms with van der Waals surface area (Å²) >= 11 is 0. The van der Waals surface area contributed by atoms with E-state index in [2.05, 4.69) is 39.5 Å². The second-order valence-electron chi connectivity index (χ2n) is 6.32. The first-order chi connectivity index (χ1) is 10.6. The van der Waals surface area contributed by atoms with Gasteiger partial charge in [0.1, 0.15) is 0 Å². The number of aromatic nitrogens is 2. The van der Waals surface area contributed by atoms with Gasteiger partial charge in [-0.2, -0.15) is 5.10 Å². The van der Waals surface area contributed by atoms with Crippen LogP contribution in [0.3, 0.4) is 0 Å². The fourth-order valence-corrected chi connectivity index (χ4v) is 2.81. The molecule has 1 atom stereocenters. The van der Waals surface area contributed by atoms with Crippen LogP contribution in [0.4, 0.5) is 0 Å². The molecule has 2 heterocycles. The van der Waals surface area contributed by atoms with Gasteiger partial charge in [-0.1, -0.05) is 6.92 Å². The maximum Gasteiger partial charge on any atom is 0.191 e. The Bertz CT molecular complexity index is 479. The van der Waals surface area contributed by atoms with Crippen molar-refractivity contribution < 1.29 is 0 Å². The predicted octanol–water partition coefficient (Wildman–Crippen LogP) is 1.82. The molecule has 0 saturated carbocycles. The Balaban J connectivity index is 0.00000264. The van der Waals surface area contributed by atoms with Crippen LogP contribution in [0.1, 0.15) is 32.4 Å². The van der Waals surface area contributed by atoms with E-state index >= 15 is 0 Å². The fourth-order valence-electron chi connectivity index (χ4n) is 2.81. The molecule has 23 heavy (non-hydrogen) atoms. The molecule has 2 rings (SSSR count). The van der Waals surface area contributed by atoms with Gasteiger partial charge in [-0.25, -0.2) is 0 Å². The average molecular weight is 434 g/mol. The van der Waals surface area contributed by atoms with Crippen molar-refractivity contribution in [2.75, 3.05) is 26.7 Å². The Hall–Kier alpha value is -0.830. The molecule has 0 aliphatic carbocycles. The molecule has 0 spiro atoms. The summed E-state index contributed by atoms with van der Waals surface area (Å²) < 4.78 is 1.87. The summed E-state index contributed by atoms with van der Waals surface area (Å²) in [6.45, 7) is 8.71. The summed E-state index contributed by atoms with van der Waals surface area (Å²) in [5, 5.41) is 10.9. The Morgan fingerprint density at radius 1 is 1.39 bits per heavy atom. The smallest absolute Gasteiger partial charge is 0.191 e. The van der Waals surface area contributed by atoms with Crippen LogP contribution in [-0.4, -0.2) is 53.4 Å². The number of likely N-dealkylation sites (tertiary alicyclic amines) is 1. The van der Waals surface area contributed by atoms with Crippen LogP contribution in [0.15, 0.2) is 17.3 Å². The van der Waals surface area contributed by atoms with Gasteiger partial charge >= 0.3 is 0 Å². The van der Waals surface area contributed by atoms with Crippen molar-refractivity contribution in [2.45, 2.75) is 39.3 Å². The van der Waals surface area contributed by atoms with E-state index in [9.17, 15) is 0 Å². The third kappa shape index (κ3) is 6.29. The van der Waals surface area contributed by atoms with Gasteiger partial charge in [0, 0.05) is 32.9 Å². The molecular weight excluding hydrogens is 403 g/mol. The summed E-state index contributed by atoms with van der Waals surface area (Å²) in [7, 11) is 3.76. The van der Waals surface area contributed by atoms with Gasteiger partial charge in [-0.3, -0.25) is 14.6 Å². The van der Waals surface area contributed by atoms with E-state index in [1.54, 1.807) is 0 Å². The standard InChI is InChI=1S/C16H30N6.HI/c1-13-6-9-22(10-7-13)14(2)11-18-16(17-3)19-12-15-5-8-20-21(15)4;/h5,8,13-14H,6-7,9-12H2,1-4H3,(H2,17,18,19);1H. The van der Waals surface area contributed by atoms with E-state index in [1.165, 1.54) is 25.9 Å². The van der Waals surface area contributed by atoms with Crippen LogP contribution in [0.2, 0.25) is 0 Å². The van der Waals surface area contributed by atoms with Crippen LogP contribution in [0.25, 0.3) is 0 Å². The van der Waals surface area contributed by atoms with Gasteiger partial charge in [-0.05, 0) is 44.8 Å². The number of hydrogen-bond donors (Lipinski definition) is 2. The van der Waals surface area contributed by atoms with Gasteiger partial charge in [0.25, 0.3) is 0 Å². The van der Waals surface area contributed by atoms with Gasteiger partial charge in [0.2, 0.25) is 0 Å². The molecule has 1 aliphatic rings. The predicted molar refractivity (Wildman–Crippen MR) is 106 cm³/mol. The number of halogens is 1. The average Bonchev–Trinajstić information content (AvgIpc) is 2.93. The first-order valence-electron chi connectivity index (χ1n) is 8.25. The number of nitrogens with one attached hydrogen (secondary N) is 2. The SMILES string of the molecule is CN=C(NCc1ccnn1C)NCC(C)N1CCC(C)CC1.I. The number of rotatable bonds is 5. The number of aryl methyl sites for hydroxylation is 1. The van der Waals surface area contributed by atoms with Gasteiger partial charge in [0.15, 0.2) is 5.96 Å². The number of guanidine groups is 1. The monoisotopic (exact) mass is 434 g/mol. The van der Waals surface area contributed by atoms with Gasteiger partial charge < -0.3 is 10.6 Å². The van der Waals surface area contributed by atoms with Gasteiger partial charge in [0.05, 0.1) is 12.2 Å². The lowest BCUT2D eigenvalue weighted by molar-refractivity contribution is 0.147. The third-order valence-electron chi connectivity index (χ3n) is 4.59. The zero-order valence-electron chi connectivity index (χ0n) is 14.7. The zero-order chi connectivity index (χ0) is 15.9. The van der Waals surface area contributed by atoms with E-state index in [-0.39, 0.29) is 24.0 Å². The molecule has 0 bridgehead atoms. The Morgan fingerprint density at radius 2 is 2.09 bits per heavy atom. The summed E-state index contributed by atoms with van der Waals surface area (Å²) in [4.78, 5) is 6.86. The van der Waals surface area contributed by atoms with Crippen LogP contribution < -0.4 is 10.6 Å². The molecule has 0 aromatic carbocycles. The summed E-state index contributed by atoms with van der Waals surface area (Å²) in [5.41, 5.74) is 1.14.